The monoisotopic (exact) mass is 493 g/mol. The zero-order chi connectivity index (χ0) is 24.2. The summed E-state index contributed by atoms with van der Waals surface area (Å²) in [6, 6.07) is 18.9. The van der Waals surface area contributed by atoms with Gasteiger partial charge in [0.2, 0.25) is 0 Å². The SMILES string of the molecule is COC(=O)c1ccc2c(=O)n(Cc3ccc(C(=O)NCc4ccccc4Cl)cc3)c(=S)[nH]c2c1. The third-order valence-electron chi connectivity index (χ3n) is 5.36. The molecule has 0 aliphatic heterocycles. The highest BCUT2D eigenvalue weighted by Crippen LogP contribution is 2.15. The number of fused-ring (bicyclic) bond motifs is 1. The summed E-state index contributed by atoms with van der Waals surface area (Å²) in [6.07, 6.45) is 0. The Morgan fingerprint density at radius 2 is 1.76 bits per heavy atom. The molecule has 0 fully saturated rings. The standard InChI is InChI=1S/C25H20ClN3O4S/c1-33-24(32)17-10-11-19-21(12-17)28-25(34)29(23(19)31)14-15-6-8-16(9-7-15)22(30)27-13-18-4-2-3-5-20(18)26/h2-12H,13-14H2,1H3,(H,27,30)(H,28,34). The fraction of sp³-hybridized carbons (Fsp3) is 0.120. The number of ether oxygens (including phenoxy) is 1. The second-order valence-electron chi connectivity index (χ2n) is 7.54. The molecule has 0 bridgehead atoms. The van der Waals surface area contributed by atoms with Crippen LogP contribution in [0.5, 0.6) is 0 Å². The van der Waals surface area contributed by atoms with Crippen molar-refractivity contribution in [3.8, 4) is 0 Å². The Morgan fingerprint density at radius 1 is 1.06 bits per heavy atom. The van der Waals surface area contributed by atoms with Crippen molar-refractivity contribution < 1.29 is 14.3 Å². The average molecular weight is 494 g/mol. The fourth-order valence-corrected chi connectivity index (χ4v) is 3.97. The number of carbonyl (C=O) groups excluding carboxylic acids is 2. The number of carbonyl (C=O) groups is 2. The maximum Gasteiger partial charge on any atom is 0.337 e. The number of hydrogen-bond donors (Lipinski definition) is 2. The minimum absolute atomic E-state index is 0.223. The first-order chi connectivity index (χ1) is 16.4. The van der Waals surface area contributed by atoms with Crippen molar-refractivity contribution in [3.05, 3.63) is 109 Å². The van der Waals surface area contributed by atoms with Gasteiger partial charge in [-0.05, 0) is 59.7 Å². The number of benzene rings is 3. The molecule has 2 N–H and O–H groups in total. The van der Waals surface area contributed by atoms with Crippen LogP contribution in [0, 0.1) is 4.77 Å². The number of halogens is 1. The first-order valence-corrected chi connectivity index (χ1v) is 11.1. The van der Waals surface area contributed by atoms with Crippen molar-refractivity contribution in [3.63, 3.8) is 0 Å². The van der Waals surface area contributed by atoms with Gasteiger partial charge in [-0.15, -0.1) is 0 Å². The van der Waals surface area contributed by atoms with Crippen LogP contribution >= 0.6 is 23.8 Å². The second-order valence-corrected chi connectivity index (χ2v) is 8.34. The minimum Gasteiger partial charge on any atom is -0.465 e. The Labute approximate surface area is 205 Å². The highest BCUT2D eigenvalue weighted by atomic mass is 35.5. The Balaban J connectivity index is 1.51. The molecular weight excluding hydrogens is 474 g/mol. The van der Waals surface area contributed by atoms with Crippen LogP contribution in [0.3, 0.4) is 0 Å². The first-order valence-electron chi connectivity index (χ1n) is 10.3. The summed E-state index contributed by atoms with van der Waals surface area (Å²) in [4.78, 5) is 40.3. The molecule has 172 valence electrons. The van der Waals surface area contributed by atoms with Crippen molar-refractivity contribution in [2.24, 2.45) is 0 Å². The van der Waals surface area contributed by atoms with Gasteiger partial charge in [-0.1, -0.05) is 41.9 Å². The Hall–Kier alpha value is -3.75. The first kappa shape index (κ1) is 23.4. The highest BCUT2D eigenvalue weighted by molar-refractivity contribution is 7.71. The lowest BCUT2D eigenvalue weighted by Crippen LogP contribution is -2.24. The van der Waals surface area contributed by atoms with Gasteiger partial charge >= 0.3 is 5.97 Å². The van der Waals surface area contributed by atoms with Gasteiger partial charge < -0.3 is 15.0 Å². The number of H-pyrrole nitrogens is 1. The van der Waals surface area contributed by atoms with E-state index in [0.29, 0.717) is 33.6 Å². The number of aromatic amines is 1. The summed E-state index contributed by atoms with van der Waals surface area (Å²) in [6.45, 7) is 0.546. The molecule has 7 nitrogen and oxygen atoms in total. The molecule has 9 heteroatoms. The Bertz CT molecular complexity index is 1510. The molecule has 0 saturated heterocycles. The van der Waals surface area contributed by atoms with Crippen LogP contribution in [0.1, 0.15) is 31.8 Å². The molecule has 0 saturated carbocycles. The van der Waals surface area contributed by atoms with E-state index in [1.165, 1.54) is 17.7 Å². The molecule has 3 aromatic carbocycles. The predicted octanol–water partition coefficient (Wildman–Crippen LogP) is 4.48. The molecule has 0 aliphatic carbocycles. The zero-order valence-corrected chi connectivity index (χ0v) is 19.7. The normalized spacial score (nSPS) is 10.8. The number of aromatic nitrogens is 2. The van der Waals surface area contributed by atoms with Crippen LogP contribution in [0.2, 0.25) is 5.02 Å². The lowest BCUT2D eigenvalue weighted by molar-refractivity contribution is 0.0600. The van der Waals surface area contributed by atoms with Gasteiger partial charge in [0.05, 0.1) is 30.1 Å². The number of amides is 1. The summed E-state index contributed by atoms with van der Waals surface area (Å²) < 4.78 is 6.38. The number of nitrogens with zero attached hydrogens (tertiary/aromatic N) is 1. The van der Waals surface area contributed by atoms with Gasteiger partial charge in [0.25, 0.3) is 11.5 Å². The molecule has 1 aromatic heterocycles. The van der Waals surface area contributed by atoms with E-state index in [1.807, 2.05) is 18.2 Å². The van der Waals surface area contributed by atoms with E-state index in [4.69, 9.17) is 28.6 Å². The van der Waals surface area contributed by atoms with Gasteiger partial charge in [-0.2, -0.15) is 0 Å². The summed E-state index contributed by atoms with van der Waals surface area (Å²) in [5.41, 5.74) is 2.62. The number of nitrogens with one attached hydrogen (secondary N) is 2. The van der Waals surface area contributed by atoms with Crippen LogP contribution < -0.4 is 10.9 Å². The Kier molecular flexibility index (Phi) is 6.90. The number of rotatable bonds is 6. The number of hydrogen-bond acceptors (Lipinski definition) is 5. The van der Waals surface area contributed by atoms with Crippen LogP contribution in [-0.4, -0.2) is 28.5 Å². The third kappa shape index (κ3) is 4.93. The fourth-order valence-electron chi connectivity index (χ4n) is 3.51. The van der Waals surface area contributed by atoms with E-state index in [0.717, 1.165) is 11.1 Å². The highest BCUT2D eigenvalue weighted by Gasteiger charge is 2.12. The summed E-state index contributed by atoms with van der Waals surface area (Å²) in [7, 11) is 1.29. The van der Waals surface area contributed by atoms with E-state index >= 15 is 0 Å². The molecular formula is C25H20ClN3O4S. The van der Waals surface area contributed by atoms with E-state index < -0.39 is 5.97 Å². The molecule has 0 unspecified atom stereocenters. The van der Waals surface area contributed by atoms with Gasteiger partial charge in [-0.25, -0.2) is 4.79 Å². The van der Waals surface area contributed by atoms with Crippen molar-refractivity contribution in [1.82, 2.24) is 14.9 Å². The van der Waals surface area contributed by atoms with Crippen molar-refractivity contribution in [2.75, 3.05) is 7.11 Å². The van der Waals surface area contributed by atoms with Crippen LogP contribution in [-0.2, 0) is 17.8 Å². The number of methoxy groups -OCH3 is 1. The largest absolute Gasteiger partial charge is 0.465 e. The molecule has 1 heterocycles. The maximum absolute atomic E-state index is 13.0. The molecule has 0 spiro atoms. The quantitative estimate of drug-likeness (QED) is 0.305. The second kappa shape index (κ2) is 10.0. The van der Waals surface area contributed by atoms with Crippen LogP contribution in [0.15, 0.2) is 71.5 Å². The molecule has 34 heavy (non-hydrogen) atoms. The molecule has 0 radical (unpaired) electrons. The van der Waals surface area contributed by atoms with E-state index in [2.05, 4.69) is 10.3 Å². The molecule has 1 amide bonds. The maximum atomic E-state index is 13.0. The molecule has 0 atom stereocenters. The number of esters is 1. The lowest BCUT2D eigenvalue weighted by atomic mass is 10.1. The average Bonchev–Trinajstić information content (AvgIpc) is 2.85. The molecule has 0 aliphatic rings. The van der Waals surface area contributed by atoms with Crippen LogP contribution in [0.25, 0.3) is 10.9 Å². The van der Waals surface area contributed by atoms with Crippen molar-refractivity contribution >= 4 is 46.6 Å². The lowest BCUT2D eigenvalue weighted by Gasteiger charge is -2.10. The smallest absolute Gasteiger partial charge is 0.337 e. The minimum atomic E-state index is -0.499. The van der Waals surface area contributed by atoms with Gasteiger partial charge in [0.1, 0.15) is 0 Å². The topological polar surface area (TPSA) is 93.2 Å². The molecule has 4 aromatic rings. The summed E-state index contributed by atoms with van der Waals surface area (Å²) >= 11 is 11.5. The van der Waals surface area contributed by atoms with E-state index in [9.17, 15) is 14.4 Å². The summed E-state index contributed by atoms with van der Waals surface area (Å²) in [5.74, 6) is -0.727. The van der Waals surface area contributed by atoms with E-state index in [1.54, 1.807) is 42.5 Å². The van der Waals surface area contributed by atoms with Gasteiger partial charge in [0.15, 0.2) is 4.77 Å². The van der Waals surface area contributed by atoms with E-state index in [-0.39, 0.29) is 22.8 Å². The van der Waals surface area contributed by atoms with Gasteiger partial charge in [-0.3, -0.25) is 14.2 Å². The Morgan fingerprint density at radius 3 is 2.47 bits per heavy atom. The summed E-state index contributed by atoms with van der Waals surface area (Å²) in [5, 5.41) is 3.84. The van der Waals surface area contributed by atoms with Gasteiger partial charge in [0, 0.05) is 17.1 Å². The zero-order valence-electron chi connectivity index (χ0n) is 18.1. The van der Waals surface area contributed by atoms with Crippen molar-refractivity contribution in [2.45, 2.75) is 13.1 Å². The van der Waals surface area contributed by atoms with Crippen LogP contribution in [0.4, 0.5) is 0 Å². The predicted molar refractivity (Wildman–Crippen MR) is 133 cm³/mol. The molecule has 4 rings (SSSR count). The third-order valence-corrected chi connectivity index (χ3v) is 6.05. The van der Waals surface area contributed by atoms with Crippen molar-refractivity contribution in [1.29, 1.82) is 0 Å².